The van der Waals surface area contributed by atoms with Crippen molar-refractivity contribution in [1.82, 2.24) is 24.4 Å². The minimum absolute atomic E-state index is 0.0927. The summed E-state index contributed by atoms with van der Waals surface area (Å²) in [5, 5.41) is 12.0. The van der Waals surface area contributed by atoms with E-state index in [1.165, 1.54) is 16.1 Å². The van der Waals surface area contributed by atoms with Crippen molar-refractivity contribution in [3.63, 3.8) is 0 Å². The van der Waals surface area contributed by atoms with E-state index in [-0.39, 0.29) is 22.6 Å². The standard InChI is InChI=1S/C23H29N5O3S2/c1-5-28(6-2)33(30,31)20-14-10-13-19(15-20)22-25-26-23(27(22)4)32-16-21(29)24-17(3)18-11-8-7-9-12-18/h7-15,17H,5-6,16H2,1-4H3,(H,24,29). The number of hydrogen-bond donors (Lipinski definition) is 1. The van der Waals surface area contributed by atoms with Gasteiger partial charge in [0.1, 0.15) is 0 Å². The molecule has 1 unspecified atom stereocenters. The van der Waals surface area contributed by atoms with E-state index in [1.54, 1.807) is 35.9 Å². The Morgan fingerprint density at radius 2 is 1.79 bits per heavy atom. The molecule has 0 aliphatic rings. The van der Waals surface area contributed by atoms with E-state index in [9.17, 15) is 13.2 Å². The third-order valence-corrected chi connectivity index (χ3v) is 8.35. The lowest BCUT2D eigenvalue weighted by Gasteiger charge is -2.18. The lowest BCUT2D eigenvalue weighted by Crippen LogP contribution is -2.30. The number of hydrogen-bond acceptors (Lipinski definition) is 6. The summed E-state index contributed by atoms with van der Waals surface area (Å²) in [4.78, 5) is 12.6. The number of nitrogens with one attached hydrogen (secondary N) is 1. The molecule has 1 heterocycles. The first-order valence-corrected chi connectivity index (χ1v) is 13.2. The number of benzene rings is 2. The zero-order chi connectivity index (χ0) is 24.0. The molecule has 1 aromatic heterocycles. The minimum atomic E-state index is -3.58. The van der Waals surface area contributed by atoms with Crippen LogP contribution in [-0.4, -0.2) is 52.2 Å². The van der Waals surface area contributed by atoms with Gasteiger partial charge in [-0.05, 0) is 24.6 Å². The maximum atomic E-state index is 12.9. The van der Waals surface area contributed by atoms with Crippen LogP contribution in [0.15, 0.2) is 64.6 Å². The van der Waals surface area contributed by atoms with Gasteiger partial charge in [0.15, 0.2) is 11.0 Å². The summed E-state index contributed by atoms with van der Waals surface area (Å²) in [6.45, 7) is 6.37. The Hall–Kier alpha value is -2.69. The molecule has 0 fully saturated rings. The Kier molecular flexibility index (Phi) is 8.28. The van der Waals surface area contributed by atoms with Crippen molar-refractivity contribution in [2.24, 2.45) is 7.05 Å². The molecule has 0 aliphatic carbocycles. The fourth-order valence-electron chi connectivity index (χ4n) is 3.44. The molecule has 1 atom stereocenters. The number of carbonyl (C=O) groups is 1. The van der Waals surface area contributed by atoms with Gasteiger partial charge in [-0.2, -0.15) is 4.31 Å². The van der Waals surface area contributed by atoms with Crippen LogP contribution in [0.2, 0.25) is 0 Å². The molecule has 0 aliphatic heterocycles. The average molecular weight is 488 g/mol. The van der Waals surface area contributed by atoms with Crippen LogP contribution in [0.5, 0.6) is 0 Å². The molecule has 2 aromatic carbocycles. The smallest absolute Gasteiger partial charge is 0.243 e. The van der Waals surface area contributed by atoms with E-state index in [0.29, 0.717) is 29.6 Å². The zero-order valence-corrected chi connectivity index (χ0v) is 20.9. The van der Waals surface area contributed by atoms with E-state index in [0.717, 1.165) is 5.56 Å². The second-order valence-corrected chi connectivity index (χ2v) is 10.4. The third-order valence-electron chi connectivity index (χ3n) is 5.28. The van der Waals surface area contributed by atoms with Crippen LogP contribution in [0.25, 0.3) is 11.4 Å². The SMILES string of the molecule is CCN(CC)S(=O)(=O)c1cccc(-c2nnc(SCC(=O)NC(C)c3ccccc3)n2C)c1. The van der Waals surface area contributed by atoms with Crippen molar-refractivity contribution in [2.75, 3.05) is 18.8 Å². The number of nitrogens with zero attached hydrogens (tertiary/aromatic N) is 4. The maximum absolute atomic E-state index is 12.9. The molecule has 0 radical (unpaired) electrons. The van der Waals surface area contributed by atoms with Gasteiger partial charge in [0.2, 0.25) is 15.9 Å². The van der Waals surface area contributed by atoms with Crippen molar-refractivity contribution < 1.29 is 13.2 Å². The summed E-state index contributed by atoms with van der Waals surface area (Å²) in [6, 6.07) is 16.4. The normalized spacial score (nSPS) is 12.6. The summed E-state index contributed by atoms with van der Waals surface area (Å²) in [6.07, 6.45) is 0. The third kappa shape index (κ3) is 5.82. The Balaban J connectivity index is 1.70. The van der Waals surface area contributed by atoms with Crippen LogP contribution in [0.1, 0.15) is 32.4 Å². The summed E-state index contributed by atoms with van der Waals surface area (Å²) < 4.78 is 28.9. The minimum Gasteiger partial charge on any atom is -0.349 e. The van der Waals surface area contributed by atoms with Gasteiger partial charge in [-0.15, -0.1) is 10.2 Å². The van der Waals surface area contributed by atoms with Gasteiger partial charge in [-0.1, -0.05) is 68.1 Å². The maximum Gasteiger partial charge on any atom is 0.243 e. The second kappa shape index (κ2) is 11.0. The molecule has 8 nitrogen and oxygen atoms in total. The number of sulfonamides is 1. The molecular formula is C23H29N5O3S2. The van der Waals surface area contributed by atoms with Crippen molar-refractivity contribution in [3.8, 4) is 11.4 Å². The predicted octanol–water partition coefficient (Wildman–Crippen LogP) is 3.48. The van der Waals surface area contributed by atoms with Gasteiger partial charge in [0, 0.05) is 25.7 Å². The number of thioether (sulfide) groups is 1. The fourth-order valence-corrected chi connectivity index (χ4v) is 5.67. The number of amides is 1. The van der Waals surface area contributed by atoms with Crippen molar-refractivity contribution in [1.29, 1.82) is 0 Å². The highest BCUT2D eigenvalue weighted by Gasteiger charge is 2.23. The number of rotatable bonds is 10. The van der Waals surface area contributed by atoms with E-state index >= 15 is 0 Å². The largest absolute Gasteiger partial charge is 0.349 e. The lowest BCUT2D eigenvalue weighted by atomic mass is 10.1. The van der Waals surface area contributed by atoms with E-state index in [2.05, 4.69) is 15.5 Å². The van der Waals surface area contributed by atoms with Crippen LogP contribution >= 0.6 is 11.8 Å². The van der Waals surface area contributed by atoms with Crippen LogP contribution in [0.3, 0.4) is 0 Å². The molecule has 0 saturated heterocycles. The van der Waals surface area contributed by atoms with Gasteiger partial charge in [-0.3, -0.25) is 4.79 Å². The predicted molar refractivity (Wildman–Crippen MR) is 130 cm³/mol. The molecule has 0 bridgehead atoms. The highest BCUT2D eigenvalue weighted by molar-refractivity contribution is 7.99. The first-order chi connectivity index (χ1) is 15.8. The molecule has 0 spiro atoms. The quantitative estimate of drug-likeness (QED) is 0.440. The van der Waals surface area contributed by atoms with Crippen molar-refractivity contribution >= 4 is 27.7 Å². The number of aromatic nitrogens is 3. The monoisotopic (exact) mass is 487 g/mol. The van der Waals surface area contributed by atoms with E-state index in [1.807, 2.05) is 51.1 Å². The summed E-state index contributed by atoms with van der Waals surface area (Å²) in [7, 11) is -1.78. The van der Waals surface area contributed by atoms with Crippen molar-refractivity contribution in [3.05, 3.63) is 60.2 Å². The zero-order valence-electron chi connectivity index (χ0n) is 19.2. The van der Waals surface area contributed by atoms with Crippen molar-refractivity contribution in [2.45, 2.75) is 36.9 Å². The van der Waals surface area contributed by atoms with Crippen LogP contribution < -0.4 is 5.32 Å². The summed E-state index contributed by atoms with van der Waals surface area (Å²) in [5.41, 5.74) is 1.68. The van der Waals surface area contributed by atoms with Crippen LogP contribution in [-0.2, 0) is 21.9 Å². The van der Waals surface area contributed by atoms with Crippen LogP contribution in [0.4, 0.5) is 0 Å². The average Bonchev–Trinajstić information content (AvgIpc) is 3.19. The van der Waals surface area contributed by atoms with Gasteiger partial charge < -0.3 is 9.88 Å². The Morgan fingerprint density at radius 1 is 1.09 bits per heavy atom. The van der Waals surface area contributed by atoms with Gasteiger partial charge in [0.05, 0.1) is 16.7 Å². The topological polar surface area (TPSA) is 97.2 Å². The molecule has 33 heavy (non-hydrogen) atoms. The first kappa shape index (κ1) is 24.9. The van der Waals surface area contributed by atoms with E-state index in [4.69, 9.17) is 0 Å². The Bertz CT molecular complexity index is 1190. The molecule has 3 rings (SSSR count). The lowest BCUT2D eigenvalue weighted by molar-refractivity contribution is -0.119. The van der Waals surface area contributed by atoms with E-state index < -0.39 is 10.0 Å². The fraction of sp³-hybridized carbons (Fsp3) is 0.348. The molecule has 176 valence electrons. The van der Waals surface area contributed by atoms with Gasteiger partial charge >= 0.3 is 0 Å². The summed E-state index contributed by atoms with van der Waals surface area (Å²) >= 11 is 1.28. The Labute approximate surface area is 199 Å². The molecule has 0 saturated carbocycles. The first-order valence-electron chi connectivity index (χ1n) is 10.7. The summed E-state index contributed by atoms with van der Waals surface area (Å²) in [5.74, 6) is 0.625. The number of carbonyl (C=O) groups excluding carboxylic acids is 1. The molecule has 3 aromatic rings. The Morgan fingerprint density at radius 3 is 2.45 bits per heavy atom. The van der Waals surface area contributed by atoms with Crippen LogP contribution in [0, 0.1) is 0 Å². The van der Waals surface area contributed by atoms with Gasteiger partial charge in [-0.25, -0.2) is 8.42 Å². The van der Waals surface area contributed by atoms with Gasteiger partial charge in [0.25, 0.3) is 0 Å². The highest BCUT2D eigenvalue weighted by atomic mass is 32.2. The molecule has 10 heteroatoms. The molecule has 1 amide bonds. The highest BCUT2D eigenvalue weighted by Crippen LogP contribution is 2.26. The molecular weight excluding hydrogens is 458 g/mol. The second-order valence-electron chi connectivity index (χ2n) is 7.47. The molecule has 1 N–H and O–H groups in total.